The summed E-state index contributed by atoms with van der Waals surface area (Å²) < 4.78 is 0. The first kappa shape index (κ1) is 11.3. The van der Waals surface area contributed by atoms with Gasteiger partial charge in [0.25, 0.3) is 0 Å². The van der Waals surface area contributed by atoms with Crippen LogP contribution in [0.15, 0.2) is 42.6 Å². The average Bonchev–Trinajstić information content (AvgIpc) is 2.62. The number of nitrogens with zero attached hydrogens (tertiary/aromatic N) is 1. The van der Waals surface area contributed by atoms with Crippen LogP contribution in [0.2, 0.25) is 0 Å². The van der Waals surface area contributed by atoms with E-state index in [4.69, 9.17) is 0 Å². The van der Waals surface area contributed by atoms with Crippen LogP contribution < -0.4 is 0 Å². The molecule has 0 aromatic heterocycles. The second-order valence-corrected chi connectivity index (χ2v) is 4.74. The zero-order valence-corrected chi connectivity index (χ0v) is 10.2. The molecule has 1 aliphatic rings. The monoisotopic (exact) mass is 215 g/mol. The van der Waals surface area contributed by atoms with Crippen molar-refractivity contribution in [3.05, 3.63) is 48.2 Å². The number of allylic oxidation sites excluding steroid dienone is 1. The summed E-state index contributed by atoms with van der Waals surface area (Å²) in [5.41, 5.74) is 2.78. The lowest BCUT2D eigenvalue weighted by Gasteiger charge is -2.24. The maximum absolute atomic E-state index is 4.14. The third-order valence-electron chi connectivity index (χ3n) is 3.50. The third-order valence-corrected chi connectivity index (χ3v) is 3.50. The average molecular weight is 215 g/mol. The number of hydrogen-bond acceptors (Lipinski definition) is 1. The van der Waals surface area contributed by atoms with Crippen molar-refractivity contribution in [2.24, 2.45) is 0 Å². The van der Waals surface area contributed by atoms with Gasteiger partial charge in [-0.3, -0.25) is 0 Å². The SMILES string of the molecule is C=C1CCC(C)N1CCCc1ccccc1. The van der Waals surface area contributed by atoms with Crippen LogP contribution in [0.1, 0.15) is 31.7 Å². The van der Waals surface area contributed by atoms with E-state index in [1.807, 2.05) is 0 Å². The molecule has 0 saturated carbocycles. The highest BCUT2D eigenvalue weighted by atomic mass is 15.2. The fourth-order valence-corrected chi connectivity index (χ4v) is 2.46. The molecule has 1 aromatic carbocycles. The number of aryl methyl sites for hydroxylation is 1. The van der Waals surface area contributed by atoms with Gasteiger partial charge < -0.3 is 4.90 Å². The molecule has 16 heavy (non-hydrogen) atoms. The Bertz CT molecular complexity index is 342. The fourth-order valence-electron chi connectivity index (χ4n) is 2.46. The molecule has 0 spiro atoms. The summed E-state index contributed by atoms with van der Waals surface area (Å²) in [6, 6.07) is 11.4. The van der Waals surface area contributed by atoms with E-state index >= 15 is 0 Å². The Kier molecular flexibility index (Phi) is 3.66. The van der Waals surface area contributed by atoms with Gasteiger partial charge in [-0.2, -0.15) is 0 Å². The number of rotatable bonds is 4. The molecule has 0 N–H and O–H groups in total. The quantitative estimate of drug-likeness (QED) is 0.741. The minimum atomic E-state index is 0.697. The number of benzene rings is 1. The van der Waals surface area contributed by atoms with Gasteiger partial charge in [-0.15, -0.1) is 0 Å². The van der Waals surface area contributed by atoms with Crippen molar-refractivity contribution in [3.8, 4) is 0 Å². The fraction of sp³-hybridized carbons (Fsp3) is 0.467. The molecule has 2 rings (SSSR count). The van der Waals surface area contributed by atoms with Crippen molar-refractivity contribution >= 4 is 0 Å². The molecule has 1 aliphatic heterocycles. The summed E-state index contributed by atoms with van der Waals surface area (Å²) in [5, 5.41) is 0. The summed E-state index contributed by atoms with van der Waals surface area (Å²) in [5.74, 6) is 0. The summed E-state index contributed by atoms with van der Waals surface area (Å²) >= 11 is 0. The molecule has 1 heteroatoms. The lowest BCUT2D eigenvalue weighted by molar-refractivity contribution is 0.307. The van der Waals surface area contributed by atoms with Gasteiger partial charge >= 0.3 is 0 Å². The lowest BCUT2D eigenvalue weighted by Crippen LogP contribution is -2.26. The van der Waals surface area contributed by atoms with E-state index < -0.39 is 0 Å². The van der Waals surface area contributed by atoms with Crippen molar-refractivity contribution in [2.45, 2.75) is 38.6 Å². The highest BCUT2D eigenvalue weighted by Crippen LogP contribution is 2.25. The van der Waals surface area contributed by atoms with E-state index in [-0.39, 0.29) is 0 Å². The van der Waals surface area contributed by atoms with Gasteiger partial charge in [-0.1, -0.05) is 36.9 Å². The predicted molar refractivity (Wildman–Crippen MR) is 69.3 cm³/mol. The first-order valence-electron chi connectivity index (χ1n) is 6.25. The van der Waals surface area contributed by atoms with E-state index in [1.54, 1.807) is 0 Å². The maximum atomic E-state index is 4.14. The second kappa shape index (κ2) is 5.20. The molecular formula is C15H21N. The van der Waals surface area contributed by atoms with Crippen molar-refractivity contribution in [3.63, 3.8) is 0 Å². The van der Waals surface area contributed by atoms with Crippen LogP contribution in [0.3, 0.4) is 0 Å². The molecule has 1 heterocycles. The van der Waals surface area contributed by atoms with Crippen LogP contribution >= 0.6 is 0 Å². The number of likely N-dealkylation sites (tertiary alicyclic amines) is 1. The zero-order valence-electron chi connectivity index (χ0n) is 10.2. The van der Waals surface area contributed by atoms with Crippen LogP contribution in [0.25, 0.3) is 0 Å². The van der Waals surface area contributed by atoms with Crippen molar-refractivity contribution in [1.29, 1.82) is 0 Å². The largest absolute Gasteiger partial charge is 0.373 e. The molecule has 0 radical (unpaired) electrons. The summed E-state index contributed by atoms with van der Waals surface area (Å²) in [4.78, 5) is 2.48. The summed E-state index contributed by atoms with van der Waals surface area (Å²) in [7, 11) is 0. The molecule has 86 valence electrons. The van der Waals surface area contributed by atoms with Crippen LogP contribution in [0, 0.1) is 0 Å². The van der Waals surface area contributed by atoms with Crippen LogP contribution in [-0.4, -0.2) is 17.5 Å². The molecule has 1 nitrogen and oxygen atoms in total. The van der Waals surface area contributed by atoms with E-state index in [0.29, 0.717) is 6.04 Å². The minimum Gasteiger partial charge on any atom is -0.373 e. The third kappa shape index (κ3) is 2.66. The Labute approximate surface area is 98.8 Å². The Hall–Kier alpha value is -1.24. The van der Waals surface area contributed by atoms with Gasteiger partial charge in [0.05, 0.1) is 0 Å². The molecule has 0 amide bonds. The van der Waals surface area contributed by atoms with E-state index in [9.17, 15) is 0 Å². The van der Waals surface area contributed by atoms with Crippen molar-refractivity contribution in [1.82, 2.24) is 4.90 Å². The molecule has 1 saturated heterocycles. The molecular weight excluding hydrogens is 194 g/mol. The molecule has 1 fully saturated rings. The zero-order chi connectivity index (χ0) is 11.4. The second-order valence-electron chi connectivity index (χ2n) is 4.74. The van der Waals surface area contributed by atoms with Crippen molar-refractivity contribution < 1.29 is 0 Å². The van der Waals surface area contributed by atoms with Crippen LogP contribution in [0.5, 0.6) is 0 Å². The van der Waals surface area contributed by atoms with Gasteiger partial charge in [-0.25, -0.2) is 0 Å². The van der Waals surface area contributed by atoms with Gasteiger partial charge in [0, 0.05) is 18.3 Å². The first-order valence-corrected chi connectivity index (χ1v) is 6.25. The van der Waals surface area contributed by atoms with Crippen LogP contribution in [-0.2, 0) is 6.42 Å². The smallest absolute Gasteiger partial charge is 0.0262 e. The van der Waals surface area contributed by atoms with Crippen LogP contribution in [0.4, 0.5) is 0 Å². The standard InChI is InChI=1S/C15H21N/c1-13-10-11-14(2)16(13)12-6-9-15-7-4-3-5-8-15/h3-5,7-8,14H,1,6,9-12H2,2H3. The Morgan fingerprint density at radius 3 is 2.69 bits per heavy atom. The van der Waals surface area contributed by atoms with Gasteiger partial charge in [0.1, 0.15) is 0 Å². The summed E-state index contributed by atoms with van der Waals surface area (Å²) in [6.45, 7) is 7.61. The Morgan fingerprint density at radius 2 is 2.06 bits per heavy atom. The molecule has 0 bridgehead atoms. The van der Waals surface area contributed by atoms with E-state index in [0.717, 1.165) is 6.54 Å². The van der Waals surface area contributed by atoms with Gasteiger partial charge in [-0.05, 0) is 38.2 Å². The van der Waals surface area contributed by atoms with Gasteiger partial charge in [0.2, 0.25) is 0 Å². The minimum absolute atomic E-state index is 0.697. The highest BCUT2D eigenvalue weighted by Gasteiger charge is 2.21. The first-order chi connectivity index (χ1) is 7.77. The van der Waals surface area contributed by atoms with E-state index in [2.05, 4.69) is 48.7 Å². The predicted octanol–water partition coefficient (Wildman–Crippen LogP) is 3.62. The summed E-state index contributed by atoms with van der Waals surface area (Å²) in [6.07, 6.45) is 4.88. The lowest BCUT2D eigenvalue weighted by atomic mass is 10.1. The van der Waals surface area contributed by atoms with Gasteiger partial charge in [0.15, 0.2) is 0 Å². The highest BCUT2D eigenvalue weighted by molar-refractivity contribution is 5.14. The maximum Gasteiger partial charge on any atom is 0.0262 e. The Morgan fingerprint density at radius 1 is 1.31 bits per heavy atom. The molecule has 1 unspecified atom stereocenters. The van der Waals surface area contributed by atoms with E-state index in [1.165, 1.54) is 36.9 Å². The molecule has 1 aromatic rings. The normalized spacial score (nSPS) is 20.4. The number of hydrogen-bond donors (Lipinski definition) is 0. The topological polar surface area (TPSA) is 3.24 Å². The molecule has 1 atom stereocenters. The molecule has 0 aliphatic carbocycles. The van der Waals surface area contributed by atoms with Crippen molar-refractivity contribution in [2.75, 3.05) is 6.54 Å². The Balaban J connectivity index is 1.78.